The molecule has 2 aromatic rings. The highest BCUT2D eigenvalue weighted by Gasteiger charge is 2.40. The lowest BCUT2D eigenvalue weighted by Gasteiger charge is -2.27. The van der Waals surface area contributed by atoms with Crippen LogP contribution in [0.1, 0.15) is 26.7 Å². The van der Waals surface area contributed by atoms with Crippen molar-refractivity contribution in [2.75, 3.05) is 0 Å². The third-order valence-corrected chi connectivity index (χ3v) is 4.86. The number of rotatable bonds is 5. The zero-order valence-corrected chi connectivity index (χ0v) is 12.9. The lowest BCUT2D eigenvalue weighted by Crippen LogP contribution is -2.42. The minimum Gasteiger partial charge on any atom is -0.479 e. The average Bonchev–Trinajstić information content (AvgIpc) is 3.00. The molecule has 0 amide bonds. The third-order valence-electron chi connectivity index (χ3n) is 3.24. The van der Waals surface area contributed by atoms with E-state index in [-0.39, 0.29) is 0 Å². The van der Waals surface area contributed by atoms with Crippen molar-refractivity contribution in [1.29, 1.82) is 0 Å². The summed E-state index contributed by atoms with van der Waals surface area (Å²) in [5, 5.41) is 21.1. The van der Waals surface area contributed by atoms with Crippen LogP contribution in [0.4, 0.5) is 0 Å². The second kappa shape index (κ2) is 5.38. The molecule has 0 unspecified atom stereocenters. The Bertz CT molecular complexity index is 591. The van der Waals surface area contributed by atoms with Gasteiger partial charge >= 0.3 is 5.97 Å². The van der Waals surface area contributed by atoms with Crippen molar-refractivity contribution < 1.29 is 9.90 Å². The number of aliphatic carboxylic acids is 1. The van der Waals surface area contributed by atoms with Crippen molar-refractivity contribution in [2.45, 2.75) is 32.2 Å². The Morgan fingerprint density at radius 3 is 2.63 bits per heavy atom. The Labute approximate surface area is 122 Å². The molecule has 102 valence electrons. The molecule has 0 aliphatic heterocycles. The molecule has 6 nitrogen and oxygen atoms in total. The largest absolute Gasteiger partial charge is 0.479 e. The molecule has 0 aliphatic carbocycles. The molecular formula is C11H13BrN4O2S. The minimum atomic E-state index is -1.10. The average molecular weight is 345 g/mol. The van der Waals surface area contributed by atoms with Crippen LogP contribution < -0.4 is 0 Å². The first kappa shape index (κ1) is 14.1. The number of tetrazole rings is 1. The Morgan fingerprint density at radius 1 is 1.47 bits per heavy atom. The van der Waals surface area contributed by atoms with Crippen molar-refractivity contribution in [1.82, 2.24) is 20.2 Å². The van der Waals surface area contributed by atoms with E-state index in [1.807, 2.05) is 26.0 Å². The molecule has 0 radical (unpaired) electrons. The van der Waals surface area contributed by atoms with E-state index in [1.54, 1.807) is 0 Å². The number of hydrogen-bond donors (Lipinski definition) is 1. The Hall–Kier alpha value is -1.28. The van der Waals surface area contributed by atoms with Gasteiger partial charge < -0.3 is 5.11 Å². The van der Waals surface area contributed by atoms with Crippen LogP contribution in [-0.2, 0) is 10.3 Å². The molecule has 2 rings (SSSR count). The van der Waals surface area contributed by atoms with Crippen molar-refractivity contribution in [3.63, 3.8) is 0 Å². The maximum absolute atomic E-state index is 11.6. The fraction of sp³-hybridized carbons (Fsp3) is 0.455. The molecule has 2 heterocycles. The zero-order chi connectivity index (χ0) is 14.0. The number of carboxylic acids is 1. The zero-order valence-electron chi connectivity index (χ0n) is 10.5. The second-order valence-electron chi connectivity index (χ2n) is 4.06. The number of thiophene rings is 1. The molecule has 0 aliphatic rings. The van der Waals surface area contributed by atoms with Crippen molar-refractivity contribution in [2.24, 2.45) is 0 Å². The lowest BCUT2D eigenvalue weighted by molar-refractivity contribution is -0.148. The number of hydrogen-bond acceptors (Lipinski definition) is 5. The highest BCUT2D eigenvalue weighted by atomic mass is 79.9. The van der Waals surface area contributed by atoms with Crippen molar-refractivity contribution in [3.8, 4) is 10.7 Å². The van der Waals surface area contributed by atoms with Gasteiger partial charge in [0.1, 0.15) is 0 Å². The normalized spacial score (nSPS) is 11.7. The third kappa shape index (κ3) is 2.30. The fourth-order valence-electron chi connectivity index (χ4n) is 2.01. The van der Waals surface area contributed by atoms with Gasteiger partial charge in [0.05, 0.1) is 8.66 Å². The molecule has 0 atom stereocenters. The van der Waals surface area contributed by atoms with Crippen LogP contribution in [0.15, 0.2) is 15.9 Å². The van der Waals surface area contributed by atoms with Crippen LogP contribution in [0.3, 0.4) is 0 Å². The van der Waals surface area contributed by atoms with Gasteiger partial charge in [-0.2, -0.15) is 0 Å². The predicted octanol–water partition coefficient (Wildman–Crippen LogP) is 2.76. The van der Waals surface area contributed by atoms with Gasteiger partial charge in [-0.1, -0.05) is 13.8 Å². The Kier molecular flexibility index (Phi) is 4.00. The van der Waals surface area contributed by atoms with E-state index in [0.29, 0.717) is 18.7 Å². The van der Waals surface area contributed by atoms with Gasteiger partial charge in [0.2, 0.25) is 0 Å². The SMILES string of the molecule is CCC(CC)(C(=O)O)n1nnnc1-c1ccc(Br)s1. The summed E-state index contributed by atoms with van der Waals surface area (Å²) in [6, 6.07) is 3.76. The summed E-state index contributed by atoms with van der Waals surface area (Å²) in [5.41, 5.74) is -1.10. The molecule has 0 spiro atoms. The maximum atomic E-state index is 11.6. The number of halogens is 1. The van der Waals surface area contributed by atoms with E-state index >= 15 is 0 Å². The van der Waals surface area contributed by atoms with E-state index in [1.165, 1.54) is 16.0 Å². The quantitative estimate of drug-likeness (QED) is 0.901. The fourth-order valence-corrected chi connectivity index (χ4v) is 3.36. The molecule has 19 heavy (non-hydrogen) atoms. The summed E-state index contributed by atoms with van der Waals surface area (Å²) in [7, 11) is 0. The molecular weight excluding hydrogens is 332 g/mol. The second-order valence-corrected chi connectivity index (χ2v) is 6.52. The summed E-state index contributed by atoms with van der Waals surface area (Å²) in [4.78, 5) is 12.5. The first-order chi connectivity index (χ1) is 9.05. The summed E-state index contributed by atoms with van der Waals surface area (Å²) in [5.74, 6) is -0.427. The number of carboxylic acid groups (broad SMARTS) is 1. The summed E-state index contributed by atoms with van der Waals surface area (Å²) >= 11 is 4.85. The van der Waals surface area contributed by atoms with Crippen LogP contribution >= 0.6 is 27.3 Å². The highest BCUT2D eigenvalue weighted by molar-refractivity contribution is 9.11. The van der Waals surface area contributed by atoms with Gasteiger partial charge in [-0.15, -0.1) is 16.4 Å². The van der Waals surface area contributed by atoms with E-state index < -0.39 is 11.5 Å². The standard InChI is InChI=1S/C11H13BrN4O2S/c1-3-11(4-2,10(17)18)16-9(13-14-15-16)7-5-6-8(12)19-7/h5-6H,3-4H2,1-2H3,(H,17,18). The molecule has 0 saturated carbocycles. The number of carbonyl (C=O) groups is 1. The molecule has 0 saturated heterocycles. The summed E-state index contributed by atoms with van der Waals surface area (Å²) in [6.45, 7) is 3.65. The van der Waals surface area contributed by atoms with Crippen LogP contribution in [-0.4, -0.2) is 31.3 Å². The van der Waals surface area contributed by atoms with Crippen molar-refractivity contribution in [3.05, 3.63) is 15.9 Å². The predicted molar refractivity (Wildman–Crippen MR) is 75.0 cm³/mol. The van der Waals surface area contributed by atoms with E-state index in [2.05, 4.69) is 31.5 Å². The van der Waals surface area contributed by atoms with E-state index in [0.717, 1.165) is 8.66 Å². The van der Waals surface area contributed by atoms with E-state index in [4.69, 9.17) is 0 Å². The van der Waals surface area contributed by atoms with Crippen LogP contribution in [0.5, 0.6) is 0 Å². The van der Waals surface area contributed by atoms with Gasteiger partial charge in [0.15, 0.2) is 11.4 Å². The Balaban J connectivity index is 2.57. The lowest BCUT2D eigenvalue weighted by atomic mass is 9.93. The van der Waals surface area contributed by atoms with Crippen molar-refractivity contribution >= 4 is 33.2 Å². The first-order valence-corrected chi connectivity index (χ1v) is 7.44. The molecule has 2 aromatic heterocycles. The Morgan fingerprint density at radius 2 is 2.16 bits per heavy atom. The minimum absolute atomic E-state index is 0.420. The highest BCUT2D eigenvalue weighted by Crippen LogP contribution is 2.34. The van der Waals surface area contributed by atoms with E-state index in [9.17, 15) is 9.90 Å². The molecule has 1 N–H and O–H groups in total. The summed E-state index contributed by atoms with van der Waals surface area (Å²) in [6.07, 6.45) is 0.840. The van der Waals surface area contributed by atoms with Gasteiger partial charge in [0.25, 0.3) is 0 Å². The van der Waals surface area contributed by atoms with Gasteiger partial charge in [-0.05, 0) is 51.3 Å². The van der Waals surface area contributed by atoms with Crippen LogP contribution in [0.25, 0.3) is 10.7 Å². The van der Waals surface area contributed by atoms with Gasteiger partial charge in [0, 0.05) is 0 Å². The number of aromatic nitrogens is 4. The smallest absolute Gasteiger partial charge is 0.331 e. The summed E-state index contributed by atoms with van der Waals surface area (Å²) < 4.78 is 2.37. The molecule has 8 heteroatoms. The van der Waals surface area contributed by atoms with Gasteiger partial charge in [-0.25, -0.2) is 9.48 Å². The molecule has 0 bridgehead atoms. The van der Waals surface area contributed by atoms with Crippen LogP contribution in [0.2, 0.25) is 0 Å². The first-order valence-electron chi connectivity index (χ1n) is 5.83. The number of nitrogens with zero attached hydrogens (tertiary/aromatic N) is 4. The molecule has 0 aromatic carbocycles. The molecule has 0 fully saturated rings. The monoisotopic (exact) mass is 344 g/mol. The topological polar surface area (TPSA) is 80.9 Å². The maximum Gasteiger partial charge on any atom is 0.331 e. The van der Waals surface area contributed by atoms with Gasteiger partial charge in [-0.3, -0.25) is 0 Å². The van der Waals surface area contributed by atoms with Crippen LogP contribution in [0, 0.1) is 0 Å².